The van der Waals surface area contributed by atoms with E-state index < -0.39 is 0 Å². The molecule has 0 saturated heterocycles. The molecular weight excluding hydrogens is 285 g/mol. The normalized spacial score (nSPS) is 11.5. The minimum absolute atomic E-state index is 0.238. The zero-order valence-electron chi connectivity index (χ0n) is 12.2. The van der Waals surface area contributed by atoms with Crippen molar-refractivity contribution in [2.24, 2.45) is 4.99 Å². The van der Waals surface area contributed by atoms with E-state index in [0.717, 1.165) is 28.7 Å². The van der Waals surface area contributed by atoms with E-state index in [9.17, 15) is 4.39 Å². The largest absolute Gasteiger partial charge is 0.497 e. The Hall–Kier alpha value is -1.81. The quantitative estimate of drug-likeness (QED) is 0.559. The molecule has 0 aliphatic carbocycles. The molecule has 0 fully saturated rings. The predicted octanol–water partition coefficient (Wildman–Crippen LogP) is 5.21. The Morgan fingerprint density at radius 1 is 1.10 bits per heavy atom. The average Bonchev–Trinajstić information content (AvgIpc) is 2.53. The number of rotatable bonds is 5. The number of thioether (sulfide) groups is 1. The van der Waals surface area contributed by atoms with Crippen LogP contribution in [0.15, 0.2) is 53.5 Å². The molecular formula is C17H18FNOS. The Balaban J connectivity index is 1.99. The number of halogens is 1. The van der Waals surface area contributed by atoms with Gasteiger partial charge in [-0.15, -0.1) is 11.8 Å². The summed E-state index contributed by atoms with van der Waals surface area (Å²) >= 11 is 1.70. The summed E-state index contributed by atoms with van der Waals surface area (Å²) in [4.78, 5) is 4.56. The zero-order chi connectivity index (χ0) is 15.1. The maximum Gasteiger partial charge on any atom is 0.123 e. The standard InChI is InChI=1S/C17H18FNOS/c1-3-17(19-15-8-6-14(18)7-9-15)21-12-13-4-10-16(20-2)11-5-13/h4-11H,3,12H2,1-2H3. The third-order valence-corrected chi connectivity index (χ3v) is 4.14. The lowest BCUT2D eigenvalue weighted by Crippen LogP contribution is -1.91. The van der Waals surface area contributed by atoms with Crippen molar-refractivity contribution in [3.8, 4) is 5.75 Å². The van der Waals surface area contributed by atoms with Crippen LogP contribution in [0.4, 0.5) is 10.1 Å². The fraction of sp³-hybridized carbons (Fsp3) is 0.235. The van der Waals surface area contributed by atoms with E-state index in [-0.39, 0.29) is 5.82 Å². The summed E-state index contributed by atoms with van der Waals surface area (Å²) in [6.45, 7) is 2.07. The maximum atomic E-state index is 12.9. The van der Waals surface area contributed by atoms with Crippen molar-refractivity contribution in [1.82, 2.24) is 0 Å². The molecule has 110 valence electrons. The summed E-state index contributed by atoms with van der Waals surface area (Å²) in [6.07, 6.45) is 0.859. The minimum Gasteiger partial charge on any atom is -0.497 e. The molecule has 0 bridgehead atoms. The van der Waals surface area contributed by atoms with Crippen LogP contribution in [0.1, 0.15) is 18.9 Å². The first-order chi connectivity index (χ1) is 10.2. The van der Waals surface area contributed by atoms with Crippen LogP contribution in [0.3, 0.4) is 0 Å². The Morgan fingerprint density at radius 2 is 1.76 bits per heavy atom. The summed E-state index contributed by atoms with van der Waals surface area (Å²) in [5.74, 6) is 1.48. The monoisotopic (exact) mass is 303 g/mol. The Kier molecular flexibility index (Phi) is 5.81. The highest BCUT2D eigenvalue weighted by Gasteiger charge is 2.01. The van der Waals surface area contributed by atoms with Gasteiger partial charge >= 0.3 is 0 Å². The van der Waals surface area contributed by atoms with Gasteiger partial charge in [-0.3, -0.25) is 0 Å². The van der Waals surface area contributed by atoms with Gasteiger partial charge in [0, 0.05) is 5.75 Å². The first kappa shape index (κ1) is 15.6. The van der Waals surface area contributed by atoms with Gasteiger partial charge in [0.2, 0.25) is 0 Å². The summed E-state index contributed by atoms with van der Waals surface area (Å²) in [6, 6.07) is 14.3. The van der Waals surface area contributed by atoms with E-state index >= 15 is 0 Å². The van der Waals surface area contributed by atoms with Crippen LogP contribution in [0, 0.1) is 5.82 Å². The van der Waals surface area contributed by atoms with E-state index in [1.165, 1.54) is 17.7 Å². The second kappa shape index (κ2) is 7.84. The minimum atomic E-state index is -0.238. The smallest absolute Gasteiger partial charge is 0.123 e. The van der Waals surface area contributed by atoms with E-state index in [2.05, 4.69) is 24.0 Å². The van der Waals surface area contributed by atoms with E-state index in [0.29, 0.717) is 0 Å². The van der Waals surface area contributed by atoms with Gasteiger partial charge in [0.05, 0.1) is 17.8 Å². The number of benzene rings is 2. The van der Waals surface area contributed by atoms with Gasteiger partial charge < -0.3 is 4.74 Å². The Morgan fingerprint density at radius 3 is 2.33 bits per heavy atom. The lowest BCUT2D eigenvalue weighted by atomic mass is 10.2. The second-order valence-corrected chi connectivity index (χ2v) is 5.52. The van der Waals surface area contributed by atoms with Crippen LogP contribution in [0.5, 0.6) is 5.75 Å². The third-order valence-electron chi connectivity index (χ3n) is 2.95. The SMILES string of the molecule is CCC(=Nc1ccc(F)cc1)SCc1ccc(OC)cc1. The highest BCUT2D eigenvalue weighted by Crippen LogP contribution is 2.22. The molecule has 2 aromatic carbocycles. The molecule has 2 aromatic rings. The molecule has 0 aliphatic heterocycles. The van der Waals surface area contributed by atoms with Crippen LogP contribution in [0.25, 0.3) is 0 Å². The summed E-state index contributed by atoms with van der Waals surface area (Å²) in [5.41, 5.74) is 2.01. The van der Waals surface area contributed by atoms with Crippen molar-refractivity contribution in [3.05, 3.63) is 59.9 Å². The van der Waals surface area contributed by atoms with E-state index in [1.54, 1.807) is 31.0 Å². The fourth-order valence-electron chi connectivity index (χ4n) is 1.76. The van der Waals surface area contributed by atoms with E-state index in [1.807, 2.05) is 12.1 Å². The first-order valence-corrected chi connectivity index (χ1v) is 7.78. The fourth-order valence-corrected chi connectivity index (χ4v) is 2.66. The highest BCUT2D eigenvalue weighted by molar-refractivity contribution is 8.13. The van der Waals surface area contributed by atoms with Crippen molar-refractivity contribution in [2.45, 2.75) is 19.1 Å². The molecule has 4 heteroatoms. The molecule has 2 nitrogen and oxygen atoms in total. The molecule has 0 amide bonds. The van der Waals surface area contributed by atoms with E-state index in [4.69, 9.17) is 4.74 Å². The number of ether oxygens (including phenoxy) is 1. The molecule has 0 unspecified atom stereocenters. The van der Waals surface area contributed by atoms with Crippen LogP contribution >= 0.6 is 11.8 Å². The molecule has 0 N–H and O–H groups in total. The molecule has 0 atom stereocenters. The van der Waals surface area contributed by atoms with Gasteiger partial charge in [-0.2, -0.15) is 0 Å². The molecule has 0 spiro atoms. The summed E-state index contributed by atoms with van der Waals surface area (Å²) in [5, 5.41) is 1.04. The van der Waals surface area contributed by atoms with Gasteiger partial charge in [-0.1, -0.05) is 19.1 Å². The van der Waals surface area contributed by atoms with Gasteiger partial charge in [0.1, 0.15) is 11.6 Å². The first-order valence-electron chi connectivity index (χ1n) is 6.80. The topological polar surface area (TPSA) is 21.6 Å². The number of methoxy groups -OCH3 is 1. The number of hydrogen-bond donors (Lipinski definition) is 0. The predicted molar refractivity (Wildman–Crippen MR) is 88.1 cm³/mol. The number of nitrogens with zero attached hydrogens (tertiary/aromatic N) is 1. The highest BCUT2D eigenvalue weighted by atomic mass is 32.2. The maximum absolute atomic E-state index is 12.9. The van der Waals surface area contributed by atoms with Crippen molar-refractivity contribution < 1.29 is 9.13 Å². The van der Waals surface area contributed by atoms with Crippen LogP contribution in [-0.4, -0.2) is 12.2 Å². The molecule has 0 radical (unpaired) electrons. The number of hydrogen-bond acceptors (Lipinski definition) is 3. The average molecular weight is 303 g/mol. The summed E-state index contributed by atoms with van der Waals surface area (Å²) in [7, 11) is 1.66. The van der Waals surface area contributed by atoms with Gasteiger partial charge in [-0.05, 0) is 48.4 Å². The number of aliphatic imine (C=N–C) groups is 1. The lowest BCUT2D eigenvalue weighted by molar-refractivity contribution is 0.414. The van der Waals surface area contributed by atoms with Crippen molar-refractivity contribution in [2.75, 3.05) is 7.11 Å². The van der Waals surface area contributed by atoms with Gasteiger partial charge in [0.15, 0.2) is 0 Å². The summed E-state index contributed by atoms with van der Waals surface area (Å²) < 4.78 is 18.0. The molecule has 0 aliphatic rings. The van der Waals surface area contributed by atoms with Crippen molar-refractivity contribution in [1.29, 1.82) is 0 Å². The molecule has 21 heavy (non-hydrogen) atoms. The van der Waals surface area contributed by atoms with Gasteiger partial charge in [0.25, 0.3) is 0 Å². The molecule has 0 saturated carbocycles. The Bertz CT molecular complexity index is 593. The Labute approximate surface area is 129 Å². The second-order valence-electron chi connectivity index (χ2n) is 4.47. The third kappa shape index (κ3) is 4.90. The van der Waals surface area contributed by atoms with Crippen LogP contribution in [0.2, 0.25) is 0 Å². The molecule has 0 heterocycles. The van der Waals surface area contributed by atoms with Crippen LogP contribution in [-0.2, 0) is 5.75 Å². The van der Waals surface area contributed by atoms with Crippen molar-refractivity contribution in [3.63, 3.8) is 0 Å². The molecule has 2 rings (SSSR count). The van der Waals surface area contributed by atoms with Crippen LogP contribution < -0.4 is 4.74 Å². The zero-order valence-corrected chi connectivity index (χ0v) is 13.0. The van der Waals surface area contributed by atoms with Gasteiger partial charge in [-0.25, -0.2) is 9.38 Å². The van der Waals surface area contributed by atoms with Crippen molar-refractivity contribution >= 4 is 22.5 Å². The lowest BCUT2D eigenvalue weighted by Gasteiger charge is -2.05. The molecule has 0 aromatic heterocycles.